The summed E-state index contributed by atoms with van der Waals surface area (Å²) in [5.74, 6) is -2.59. The van der Waals surface area contributed by atoms with Gasteiger partial charge in [-0.25, -0.2) is 0 Å². The largest absolute Gasteiger partial charge is 0.481 e. The summed E-state index contributed by atoms with van der Waals surface area (Å²) in [7, 11) is 1.67. The van der Waals surface area contributed by atoms with Gasteiger partial charge in [-0.3, -0.25) is 14.4 Å². The number of hydrogen-bond acceptors (Lipinski definition) is 3. The van der Waals surface area contributed by atoms with Crippen LogP contribution in [0.1, 0.15) is 33.6 Å². The molecule has 0 heterocycles. The third-order valence-electron chi connectivity index (χ3n) is 4.91. The molecular weight excluding hydrogens is 320 g/mol. The Morgan fingerprint density at radius 2 is 1.56 bits per heavy atom. The lowest BCUT2D eigenvalue weighted by Gasteiger charge is -2.29. The number of carboxylic acids is 1. The molecule has 2 N–H and O–H groups in total. The van der Waals surface area contributed by atoms with E-state index >= 15 is 0 Å². The molecule has 0 bridgehead atoms. The lowest BCUT2D eigenvalue weighted by atomic mass is 9.76. The van der Waals surface area contributed by atoms with Crippen LogP contribution in [-0.4, -0.2) is 29.9 Å². The average molecular weight is 344 g/mol. The maximum atomic E-state index is 12.6. The molecule has 0 unspecified atom stereocenters. The Morgan fingerprint density at radius 1 is 1.04 bits per heavy atom. The summed E-state index contributed by atoms with van der Waals surface area (Å²) in [5.41, 5.74) is 3.43. The van der Waals surface area contributed by atoms with Crippen LogP contribution in [0.2, 0.25) is 0 Å². The highest BCUT2D eigenvalue weighted by molar-refractivity contribution is 5.96. The maximum absolute atomic E-state index is 12.6. The van der Waals surface area contributed by atoms with E-state index in [2.05, 4.69) is 5.32 Å². The maximum Gasteiger partial charge on any atom is 0.307 e. The summed E-state index contributed by atoms with van der Waals surface area (Å²) in [6, 6.07) is 6.89. The van der Waals surface area contributed by atoms with Crippen molar-refractivity contribution in [2.45, 2.75) is 33.6 Å². The monoisotopic (exact) mass is 344 g/mol. The highest BCUT2D eigenvalue weighted by Gasteiger charge is 2.37. The smallest absolute Gasteiger partial charge is 0.307 e. The predicted octanol–water partition coefficient (Wildman–Crippen LogP) is 3.06. The van der Waals surface area contributed by atoms with E-state index in [0.717, 1.165) is 16.8 Å². The molecule has 6 heteroatoms. The molecule has 0 saturated carbocycles. The van der Waals surface area contributed by atoms with Gasteiger partial charge in [-0.05, 0) is 51.0 Å². The second-order valence-electron chi connectivity index (χ2n) is 6.63. The number of carbonyl (C=O) groups is 3. The average Bonchev–Trinajstić information content (AvgIpc) is 2.56. The fourth-order valence-corrected chi connectivity index (χ4v) is 3.01. The second kappa shape index (κ2) is 7.51. The van der Waals surface area contributed by atoms with Crippen LogP contribution in [0.15, 0.2) is 35.4 Å². The van der Waals surface area contributed by atoms with Crippen LogP contribution in [0.5, 0.6) is 0 Å². The molecule has 1 aromatic rings. The molecule has 0 aromatic heterocycles. The minimum absolute atomic E-state index is 0.0825. The Labute approximate surface area is 147 Å². The SMILES string of the molecule is CC(=O)N(C)c1ccc(NC(=O)[C@H]2CC(C)=C(C)C[C@H]2C(=O)O)cc1. The molecule has 1 aliphatic carbocycles. The molecule has 1 aromatic carbocycles. The topological polar surface area (TPSA) is 86.7 Å². The Hall–Kier alpha value is -2.63. The third-order valence-corrected chi connectivity index (χ3v) is 4.91. The number of rotatable bonds is 4. The molecule has 0 aliphatic heterocycles. The molecule has 0 spiro atoms. The highest BCUT2D eigenvalue weighted by Crippen LogP contribution is 2.35. The zero-order valence-electron chi connectivity index (χ0n) is 15.0. The van der Waals surface area contributed by atoms with Gasteiger partial charge in [0.15, 0.2) is 0 Å². The molecule has 0 saturated heterocycles. The van der Waals surface area contributed by atoms with Gasteiger partial charge >= 0.3 is 5.97 Å². The number of nitrogens with one attached hydrogen (secondary N) is 1. The van der Waals surface area contributed by atoms with E-state index in [1.165, 1.54) is 11.8 Å². The highest BCUT2D eigenvalue weighted by atomic mass is 16.4. The van der Waals surface area contributed by atoms with Crippen molar-refractivity contribution in [3.63, 3.8) is 0 Å². The van der Waals surface area contributed by atoms with E-state index in [1.54, 1.807) is 31.3 Å². The summed E-state index contributed by atoms with van der Waals surface area (Å²) in [4.78, 5) is 37.0. The van der Waals surface area contributed by atoms with Gasteiger partial charge in [0.05, 0.1) is 11.8 Å². The standard InChI is InChI=1S/C19H24N2O4/c1-11-9-16(17(19(24)25)10-12(11)2)18(23)20-14-5-7-15(8-6-14)21(4)13(3)22/h5-8,16-17H,9-10H2,1-4H3,(H,20,23)(H,24,25)/t16-,17+/m0/s1. The van der Waals surface area contributed by atoms with E-state index in [9.17, 15) is 19.5 Å². The first-order valence-corrected chi connectivity index (χ1v) is 8.24. The van der Waals surface area contributed by atoms with Crippen molar-refractivity contribution in [3.8, 4) is 0 Å². The number of benzene rings is 1. The lowest BCUT2D eigenvalue weighted by molar-refractivity contribution is -0.146. The van der Waals surface area contributed by atoms with Crippen LogP contribution < -0.4 is 10.2 Å². The van der Waals surface area contributed by atoms with Crippen LogP contribution >= 0.6 is 0 Å². The molecule has 2 rings (SSSR count). The summed E-state index contributed by atoms with van der Waals surface area (Å²) in [6.07, 6.45) is 0.862. The zero-order chi connectivity index (χ0) is 18.7. The van der Waals surface area contributed by atoms with Crippen LogP contribution in [0.25, 0.3) is 0 Å². The van der Waals surface area contributed by atoms with E-state index in [-0.39, 0.29) is 11.8 Å². The number of hydrogen-bond donors (Lipinski definition) is 2. The number of amides is 2. The minimum Gasteiger partial charge on any atom is -0.481 e. The van der Waals surface area contributed by atoms with E-state index in [0.29, 0.717) is 18.5 Å². The van der Waals surface area contributed by atoms with E-state index in [1.807, 2.05) is 13.8 Å². The Bertz CT molecular complexity index is 721. The summed E-state index contributed by atoms with van der Waals surface area (Å²) in [6.45, 7) is 5.34. The number of aliphatic carboxylic acids is 1. The quantitative estimate of drug-likeness (QED) is 0.822. The molecule has 1 aliphatic rings. The van der Waals surface area contributed by atoms with Crippen molar-refractivity contribution in [3.05, 3.63) is 35.4 Å². The van der Waals surface area contributed by atoms with Crippen molar-refractivity contribution < 1.29 is 19.5 Å². The molecule has 2 atom stereocenters. The first-order valence-electron chi connectivity index (χ1n) is 8.24. The van der Waals surface area contributed by atoms with Crippen LogP contribution in [0, 0.1) is 11.8 Å². The predicted molar refractivity (Wildman–Crippen MR) is 96.4 cm³/mol. The number of anilines is 2. The van der Waals surface area contributed by atoms with Crippen molar-refractivity contribution in [1.82, 2.24) is 0 Å². The van der Waals surface area contributed by atoms with Crippen molar-refractivity contribution in [1.29, 1.82) is 0 Å². The van der Waals surface area contributed by atoms with Crippen LogP contribution in [0.3, 0.4) is 0 Å². The molecular formula is C19H24N2O4. The number of nitrogens with zero attached hydrogens (tertiary/aromatic N) is 1. The van der Waals surface area contributed by atoms with Gasteiger partial charge in [0.25, 0.3) is 0 Å². The van der Waals surface area contributed by atoms with Gasteiger partial charge in [-0.2, -0.15) is 0 Å². The molecule has 0 fully saturated rings. The van der Waals surface area contributed by atoms with Gasteiger partial charge < -0.3 is 15.3 Å². The third kappa shape index (κ3) is 4.26. The summed E-state index contributed by atoms with van der Waals surface area (Å²) >= 11 is 0. The zero-order valence-corrected chi connectivity index (χ0v) is 15.0. The molecule has 0 radical (unpaired) electrons. The van der Waals surface area contributed by atoms with Crippen LogP contribution in [-0.2, 0) is 14.4 Å². The second-order valence-corrected chi connectivity index (χ2v) is 6.63. The molecule has 2 amide bonds. The number of allylic oxidation sites excluding steroid dienone is 2. The summed E-state index contributed by atoms with van der Waals surface area (Å²) in [5, 5.41) is 12.2. The van der Waals surface area contributed by atoms with E-state index < -0.39 is 17.8 Å². The van der Waals surface area contributed by atoms with Gasteiger partial charge in [-0.15, -0.1) is 0 Å². The Kier molecular flexibility index (Phi) is 5.62. The fourth-order valence-electron chi connectivity index (χ4n) is 3.01. The van der Waals surface area contributed by atoms with Gasteiger partial charge in [-0.1, -0.05) is 11.1 Å². The fraction of sp³-hybridized carbons (Fsp3) is 0.421. The minimum atomic E-state index is -0.939. The van der Waals surface area contributed by atoms with E-state index in [4.69, 9.17) is 0 Å². The van der Waals surface area contributed by atoms with Crippen LogP contribution in [0.4, 0.5) is 11.4 Å². The van der Waals surface area contributed by atoms with Gasteiger partial charge in [0.1, 0.15) is 0 Å². The first-order chi connectivity index (χ1) is 11.7. The normalized spacial score (nSPS) is 20.2. The van der Waals surface area contributed by atoms with Gasteiger partial charge in [0.2, 0.25) is 11.8 Å². The van der Waals surface area contributed by atoms with Gasteiger partial charge in [0, 0.05) is 25.3 Å². The van der Waals surface area contributed by atoms with Crippen molar-refractivity contribution in [2.24, 2.45) is 11.8 Å². The number of carbonyl (C=O) groups excluding carboxylic acids is 2. The van der Waals surface area contributed by atoms with Crippen molar-refractivity contribution in [2.75, 3.05) is 17.3 Å². The molecule has 134 valence electrons. The first kappa shape index (κ1) is 18.7. The number of carboxylic acid groups (broad SMARTS) is 1. The Morgan fingerprint density at radius 3 is 2.04 bits per heavy atom. The molecule has 25 heavy (non-hydrogen) atoms. The van der Waals surface area contributed by atoms with Crippen molar-refractivity contribution >= 4 is 29.2 Å². The summed E-state index contributed by atoms with van der Waals surface area (Å²) < 4.78 is 0. The Balaban J connectivity index is 2.13. The lowest BCUT2D eigenvalue weighted by Crippen LogP contribution is -2.36. The molecule has 6 nitrogen and oxygen atoms in total.